The summed E-state index contributed by atoms with van der Waals surface area (Å²) < 4.78 is 13.7. The first-order valence-electron chi connectivity index (χ1n) is 13.2. The molecule has 0 radical (unpaired) electrons. The third-order valence-electron chi connectivity index (χ3n) is 6.94. The van der Waals surface area contributed by atoms with Gasteiger partial charge in [0.15, 0.2) is 11.5 Å². The van der Waals surface area contributed by atoms with E-state index in [1.54, 1.807) is 7.11 Å². The topological polar surface area (TPSA) is 65.4 Å². The Labute approximate surface area is 209 Å². The van der Waals surface area contributed by atoms with E-state index in [4.69, 9.17) is 14.5 Å². The Morgan fingerprint density at radius 1 is 0.971 bits per heavy atom. The third kappa shape index (κ3) is 7.00. The van der Waals surface area contributed by atoms with Gasteiger partial charge in [-0.1, -0.05) is 49.9 Å². The van der Waals surface area contributed by atoms with Crippen LogP contribution >= 0.6 is 0 Å². The number of carbonyl (C=O) groups excluding carboxylic acids is 1. The van der Waals surface area contributed by atoms with Crippen LogP contribution in [0.3, 0.4) is 0 Å². The molecule has 1 aromatic heterocycles. The highest BCUT2D eigenvalue weighted by atomic mass is 16.5. The lowest BCUT2D eigenvalue weighted by atomic mass is 9.89. The number of nitrogens with zero attached hydrogens (tertiary/aromatic N) is 2. The smallest absolute Gasteiger partial charge is 0.223 e. The van der Waals surface area contributed by atoms with Gasteiger partial charge in [0.1, 0.15) is 5.82 Å². The average Bonchev–Trinajstić information content (AvgIpc) is 3.26. The lowest BCUT2D eigenvalue weighted by Crippen LogP contribution is -2.32. The van der Waals surface area contributed by atoms with Gasteiger partial charge in [-0.05, 0) is 56.4 Å². The Morgan fingerprint density at radius 2 is 1.74 bits per heavy atom. The molecule has 2 aromatic carbocycles. The fraction of sp³-hybridized carbons (Fsp3) is 0.517. The molecule has 0 aliphatic heterocycles. The predicted octanol–water partition coefficient (Wildman–Crippen LogP) is 5.92. The van der Waals surface area contributed by atoms with Crippen LogP contribution in [0.5, 0.6) is 11.5 Å². The van der Waals surface area contributed by atoms with Crippen molar-refractivity contribution in [3.63, 3.8) is 0 Å². The lowest BCUT2D eigenvalue weighted by Gasteiger charge is -2.20. The molecule has 1 aliphatic carbocycles. The Kier molecular flexibility index (Phi) is 9.44. The standard InChI is InChI=1S/C29H39N3O3/c1-34-26-17-9-10-18-27(26)35-22-12-21-32-25-16-8-7-15-24(25)31-28(32)19-6-3-11-20-30-29(33)23-13-4-2-5-14-23/h7-10,15-18,23H,2-6,11-14,19-22H2,1H3,(H,30,33). The van der Waals surface area contributed by atoms with E-state index < -0.39 is 0 Å². The maximum Gasteiger partial charge on any atom is 0.223 e. The molecule has 1 amide bonds. The number of benzene rings is 2. The van der Waals surface area contributed by atoms with E-state index in [0.717, 1.165) is 80.9 Å². The Balaban J connectivity index is 1.23. The van der Waals surface area contributed by atoms with Gasteiger partial charge in [0.25, 0.3) is 0 Å². The molecule has 6 nitrogen and oxygen atoms in total. The number of carbonyl (C=O) groups is 1. The van der Waals surface area contributed by atoms with Gasteiger partial charge < -0.3 is 19.4 Å². The van der Waals surface area contributed by atoms with Crippen molar-refractivity contribution in [2.75, 3.05) is 20.3 Å². The van der Waals surface area contributed by atoms with Gasteiger partial charge in [-0.25, -0.2) is 4.98 Å². The molecule has 0 atom stereocenters. The second-order valence-corrected chi connectivity index (χ2v) is 9.46. The second-order valence-electron chi connectivity index (χ2n) is 9.46. The van der Waals surface area contributed by atoms with Crippen LogP contribution in [0, 0.1) is 5.92 Å². The zero-order valence-electron chi connectivity index (χ0n) is 21.0. The van der Waals surface area contributed by atoms with E-state index in [2.05, 4.69) is 28.1 Å². The quantitative estimate of drug-likeness (QED) is 0.310. The molecule has 6 heteroatoms. The number of hydrogen-bond donors (Lipinski definition) is 1. The molecule has 1 aliphatic rings. The fourth-order valence-corrected chi connectivity index (χ4v) is 5.01. The van der Waals surface area contributed by atoms with Crippen LogP contribution in [0.1, 0.15) is 63.6 Å². The highest BCUT2D eigenvalue weighted by Gasteiger charge is 2.20. The first-order valence-corrected chi connectivity index (χ1v) is 13.2. The van der Waals surface area contributed by atoms with Gasteiger partial charge in [0.2, 0.25) is 5.91 Å². The summed E-state index contributed by atoms with van der Waals surface area (Å²) in [5, 5.41) is 3.16. The molecule has 0 unspecified atom stereocenters. The van der Waals surface area contributed by atoms with Gasteiger partial charge >= 0.3 is 0 Å². The van der Waals surface area contributed by atoms with E-state index >= 15 is 0 Å². The number of fused-ring (bicyclic) bond motifs is 1. The molecule has 1 heterocycles. The van der Waals surface area contributed by atoms with Crippen molar-refractivity contribution < 1.29 is 14.3 Å². The minimum atomic E-state index is 0.246. The van der Waals surface area contributed by atoms with Crippen LogP contribution in [0.4, 0.5) is 0 Å². The number of methoxy groups -OCH3 is 1. The monoisotopic (exact) mass is 477 g/mol. The molecular formula is C29H39N3O3. The first kappa shape index (κ1) is 25.1. The molecule has 0 saturated heterocycles. The van der Waals surface area contributed by atoms with E-state index in [0.29, 0.717) is 6.61 Å². The SMILES string of the molecule is COc1ccccc1OCCCn1c(CCCCCNC(=O)C2CCCCC2)nc2ccccc21. The summed E-state index contributed by atoms with van der Waals surface area (Å²) in [6, 6.07) is 16.1. The summed E-state index contributed by atoms with van der Waals surface area (Å²) >= 11 is 0. The van der Waals surface area contributed by atoms with Crippen LogP contribution in [0.2, 0.25) is 0 Å². The molecular weight excluding hydrogens is 438 g/mol. The predicted molar refractivity (Wildman–Crippen MR) is 140 cm³/mol. The van der Waals surface area contributed by atoms with Crippen molar-refractivity contribution in [2.45, 2.75) is 70.8 Å². The van der Waals surface area contributed by atoms with Gasteiger partial charge in [-0.3, -0.25) is 4.79 Å². The minimum absolute atomic E-state index is 0.246. The zero-order valence-corrected chi connectivity index (χ0v) is 21.0. The maximum absolute atomic E-state index is 12.3. The van der Waals surface area contributed by atoms with Crippen molar-refractivity contribution in [2.24, 2.45) is 5.92 Å². The molecule has 3 aromatic rings. The number of unbranched alkanes of at least 4 members (excludes halogenated alkanes) is 2. The van der Waals surface area contributed by atoms with Gasteiger partial charge in [-0.2, -0.15) is 0 Å². The van der Waals surface area contributed by atoms with Crippen molar-refractivity contribution in [3.05, 3.63) is 54.4 Å². The van der Waals surface area contributed by atoms with Gasteiger partial charge in [0.05, 0.1) is 24.8 Å². The Morgan fingerprint density at radius 3 is 2.57 bits per heavy atom. The van der Waals surface area contributed by atoms with Crippen LogP contribution < -0.4 is 14.8 Å². The van der Waals surface area contributed by atoms with Crippen LogP contribution in [-0.2, 0) is 17.8 Å². The first-order chi connectivity index (χ1) is 17.3. The zero-order chi connectivity index (χ0) is 24.3. The Hall–Kier alpha value is -3.02. The highest BCUT2D eigenvalue weighted by Crippen LogP contribution is 2.26. The van der Waals surface area contributed by atoms with E-state index in [1.807, 2.05) is 30.3 Å². The summed E-state index contributed by atoms with van der Waals surface area (Å²) in [4.78, 5) is 17.2. The third-order valence-corrected chi connectivity index (χ3v) is 6.94. The second kappa shape index (κ2) is 13.2. The number of aromatic nitrogens is 2. The van der Waals surface area contributed by atoms with Crippen molar-refractivity contribution >= 4 is 16.9 Å². The van der Waals surface area contributed by atoms with Crippen molar-refractivity contribution in [3.8, 4) is 11.5 Å². The Bertz CT molecular complexity index is 1070. The highest BCUT2D eigenvalue weighted by molar-refractivity contribution is 5.78. The molecule has 4 rings (SSSR count). The minimum Gasteiger partial charge on any atom is -0.493 e. The molecule has 1 fully saturated rings. The number of hydrogen-bond acceptors (Lipinski definition) is 4. The van der Waals surface area contributed by atoms with Crippen molar-refractivity contribution in [1.29, 1.82) is 0 Å². The number of nitrogens with one attached hydrogen (secondary N) is 1. The summed E-state index contributed by atoms with van der Waals surface area (Å²) in [6.07, 6.45) is 10.8. The fourth-order valence-electron chi connectivity index (χ4n) is 5.01. The summed E-state index contributed by atoms with van der Waals surface area (Å²) in [5.41, 5.74) is 2.23. The summed E-state index contributed by atoms with van der Waals surface area (Å²) in [5.74, 6) is 3.18. The number of aryl methyl sites for hydroxylation is 2. The number of amides is 1. The van der Waals surface area contributed by atoms with Crippen LogP contribution in [0.15, 0.2) is 48.5 Å². The van der Waals surface area contributed by atoms with Crippen molar-refractivity contribution in [1.82, 2.24) is 14.9 Å². The normalized spacial score (nSPS) is 14.2. The summed E-state index contributed by atoms with van der Waals surface area (Å²) in [7, 11) is 1.66. The number of imidazole rings is 1. The average molecular weight is 478 g/mol. The molecule has 1 saturated carbocycles. The van der Waals surface area contributed by atoms with E-state index in [-0.39, 0.29) is 11.8 Å². The van der Waals surface area contributed by atoms with Gasteiger partial charge in [-0.15, -0.1) is 0 Å². The molecule has 188 valence electrons. The largest absolute Gasteiger partial charge is 0.493 e. The maximum atomic E-state index is 12.3. The number of rotatable bonds is 13. The number of ether oxygens (including phenoxy) is 2. The summed E-state index contributed by atoms with van der Waals surface area (Å²) in [6.45, 7) is 2.27. The number of para-hydroxylation sites is 4. The van der Waals surface area contributed by atoms with Crippen LogP contribution in [-0.4, -0.2) is 35.7 Å². The molecule has 1 N–H and O–H groups in total. The molecule has 0 bridgehead atoms. The van der Waals surface area contributed by atoms with E-state index in [9.17, 15) is 4.79 Å². The van der Waals surface area contributed by atoms with Crippen LogP contribution in [0.25, 0.3) is 11.0 Å². The molecule has 35 heavy (non-hydrogen) atoms. The molecule has 0 spiro atoms. The van der Waals surface area contributed by atoms with Gasteiger partial charge in [0, 0.05) is 25.4 Å². The van der Waals surface area contributed by atoms with E-state index in [1.165, 1.54) is 24.8 Å². The lowest BCUT2D eigenvalue weighted by molar-refractivity contribution is -0.125.